The number of carbonyl (C=O) groups is 2. The van der Waals surface area contributed by atoms with E-state index in [4.69, 9.17) is 0 Å². The van der Waals surface area contributed by atoms with Crippen LogP contribution >= 0.6 is 0 Å². The molecule has 86 valence electrons. The van der Waals surface area contributed by atoms with Crippen molar-refractivity contribution in [3.8, 4) is 0 Å². The summed E-state index contributed by atoms with van der Waals surface area (Å²) in [4.78, 5) is 22.8. The van der Waals surface area contributed by atoms with Crippen molar-refractivity contribution in [1.29, 1.82) is 0 Å². The van der Waals surface area contributed by atoms with Gasteiger partial charge in [-0.2, -0.15) is 0 Å². The van der Waals surface area contributed by atoms with Crippen molar-refractivity contribution in [2.75, 3.05) is 6.54 Å². The Labute approximate surface area is 91.6 Å². The number of amides is 1. The van der Waals surface area contributed by atoms with Crippen LogP contribution in [-0.2, 0) is 9.59 Å². The molecular weight excluding hydrogens is 190 g/mol. The highest BCUT2D eigenvalue weighted by Gasteiger charge is 2.36. The van der Waals surface area contributed by atoms with Crippen molar-refractivity contribution in [3.05, 3.63) is 0 Å². The maximum Gasteiger partial charge on any atom is 0.220 e. The molecule has 1 amide bonds. The first kappa shape index (κ1) is 12.2. The molecule has 3 heteroatoms. The topological polar surface area (TPSA) is 46.2 Å². The van der Waals surface area contributed by atoms with Crippen molar-refractivity contribution in [2.24, 2.45) is 5.41 Å². The van der Waals surface area contributed by atoms with Crippen LogP contribution in [0.2, 0.25) is 0 Å². The normalized spacial score (nSPS) is 18.8. The van der Waals surface area contributed by atoms with Crippen molar-refractivity contribution in [3.63, 3.8) is 0 Å². The van der Waals surface area contributed by atoms with Gasteiger partial charge in [0.2, 0.25) is 5.91 Å². The summed E-state index contributed by atoms with van der Waals surface area (Å²) in [5.41, 5.74) is -0.0227. The highest BCUT2D eigenvalue weighted by Crippen LogP contribution is 2.44. The number of nitrogens with one attached hydrogen (secondary N) is 1. The molecule has 0 bridgehead atoms. The summed E-state index contributed by atoms with van der Waals surface area (Å²) < 4.78 is 0. The van der Waals surface area contributed by atoms with E-state index < -0.39 is 0 Å². The first-order valence-corrected chi connectivity index (χ1v) is 5.84. The zero-order chi connectivity index (χ0) is 11.3. The van der Waals surface area contributed by atoms with E-state index in [0.717, 1.165) is 25.7 Å². The van der Waals surface area contributed by atoms with Gasteiger partial charge in [0.1, 0.15) is 5.78 Å². The van der Waals surface area contributed by atoms with Crippen LogP contribution in [0.4, 0.5) is 0 Å². The van der Waals surface area contributed by atoms with Gasteiger partial charge < -0.3 is 10.1 Å². The van der Waals surface area contributed by atoms with Crippen LogP contribution in [0.3, 0.4) is 0 Å². The fourth-order valence-electron chi connectivity index (χ4n) is 2.67. The van der Waals surface area contributed by atoms with Crippen molar-refractivity contribution >= 4 is 11.7 Å². The van der Waals surface area contributed by atoms with Crippen LogP contribution < -0.4 is 5.32 Å². The lowest BCUT2D eigenvalue weighted by Crippen LogP contribution is -2.31. The monoisotopic (exact) mass is 211 g/mol. The van der Waals surface area contributed by atoms with Crippen molar-refractivity contribution in [1.82, 2.24) is 5.32 Å². The molecule has 1 saturated carbocycles. The van der Waals surface area contributed by atoms with Crippen molar-refractivity contribution < 1.29 is 9.59 Å². The highest BCUT2D eigenvalue weighted by atomic mass is 16.1. The predicted octanol–water partition coefficient (Wildman–Crippen LogP) is 2.05. The van der Waals surface area contributed by atoms with Crippen LogP contribution in [0.15, 0.2) is 0 Å². The minimum absolute atomic E-state index is 0.0227. The van der Waals surface area contributed by atoms with Crippen LogP contribution in [0.5, 0.6) is 0 Å². The van der Waals surface area contributed by atoms with Gasteiger partial charge in [-0.3, -0.25) is 4.79 Å². The summed E-state index contributed by atoms with van der Waals surface area (Å²) in [6, 6.07) is 0. The number of ketones is 1. The summed E-state index contributed by atoms with van der Waals surface area (Å²) in [7, 11) is 0. The minimum Gasteiger partial charge on any atom is -0.356 e. The highest BCUT2D eigenvalue weighted by molar-refractivity contribution is 5.80. The van der Waals surface area contributed by atoms with E-state index >= 15 is 0 Å². The molecule has 1 rings (SSSR count). The second-order valence-electron chi connectivity index (χ2n) is 4.72. The SMILES string of the molecule is CCNC(=O)CC1(CC(C)=O)CCCC1. The summed E-state index contributed by atoms with van der Waals surface area (Å²) in [6.07, 6.45) is 5.48. The zero-order valence-corrected chi connectivity index (χ0v) is 9.77. The zero-order valence-electron chi connectivity index (χ0n) is 9.77. The second-order valence-corrected chi connectivity index (χ2v) is 4.72. The Kier molecular flexibility index (Phi) is 4.30. The van der Waals surface area contributed by atoms with E-state index in [2.05, 4.69) is 5.32 Å². The van der Waals surface area contributed by atoms with Gasteiger partial charge in [-0.1, -0.05) is 12.8 Å². The molecule has 1 fully saturated rings. The minimum atomic E-state index is -0.0227. The van der Waals surface area contributed by atoms with Gasteiger partial charge in [-0.05, 0) is 32.1 Å². The summed E-state index contributed by atoms with van der Waals surface area (Å²) in [6.45, 7) is 4.22. The molecule has 0 heterocycles. The van der Waals surface area contributed by atoms with E-state index in [1.54, 1.807) is 6.92 Å². The Morgan fingerprint density at radius 2 is 1.80 bits per heavy atom. The molecule has 3 nitrogen and oxygen atoms in total. The molecule has 0 atom stereocenters. The van der Waals surface area contributed by atoms with Crippen LogP contribution in [0.25, 0.3) is 0 Å². The Bertz CT molecular complexity index is 242. The predicted molar refractivity (Wildman–Crippen MR) is 59.5 cm³/mol. The van der Waals surface area contributed by atoms with E-state index in [0.29, 0.717) is 19.4 Å². The van der Waals surface area contributed by atoms with Gasteiger partial charge in [0, 0.05) is 19.4 Å². The third kappa shape index (κ3) is 3.65. The summed E-state index contributed by atoms with van der Waals surface area (Å²) >= 11 is 0. The molecule has 1 N–H and O–H groups in total. The van der Waals surface area contributed by atoms with E-state index in [1.165, 1.54) is 0 Å². The van der Waals surface area contributed by atoms with Gasteiger partial charge in [0.25, 0.3) is 0 Å². The number of hydrogen-bond acceptors (Lipinski definition) is 2. The van der Waals surface area contributed by atoms with Crippen LogP contribution in [0.1, 0.15) is 52.4 Å². The van der Waals surface area contributed by atoms with E-state index in [-0.39, 0.29) is 17.1 Å². The molecule has 0 aliphatic heterocycles. The average Bonchev–Trinajstić information content (AvgIpc) is 2.51. The Hall–Kier alpha value is -0.860. The largest absolute Gasteiger partial charge is 0.356 e. The van der Waals surface area contributed by atoms with Gasteiger partial charge >= 0.3 is 0 Å². The van der Waals surface area contributed by atoms with Gasteiger partial charge in [-0.15, -0.1) is 0 Å². The molecule has 0 aromatic rings. The molecule has 0 aromatic carbocycles. The standard InChI is InChI=1S/C12H21NO2/c1-3-13-11(15)9-12(8-10(2)14)6-4-5-7-12/h3-9H2,1-2H3,(H,13,15). The number of hydrogen-bond donors (Lipinski definition) is 1. The smallest absolute Gasteiger partial charge is 0.220 e. The third-order valence-corrected chi connectivity index (χ3v) is 3.20. The third-order valence-electron chi connectivity index (χ3n) is 3.20. The molecule has 0 radical (unpaired) electrons. The lowest BCUT2D eigenvalue weighted by molar-refractivity contribution is -0.125. The Morgan fingerprint density at radius 1 is 1.20 bits per heavy atom. The van der Waals surface area contributed by atoms with Gasteiger partial charge in [0.15, 0.2) is 0 Å². The lowest BCUT2D eigenvalue weighted by Gasteiger charge is -2.26. The molecule has 0 spiro atoms. The maximum atomic E-state index is 11.6. The van der Waals surface area contributed by atoms with E-state index in [9.17, 15) is 9.59 Å². The fourth-order valence-corrected chi connectivity index (χ4v) is 2.67. The lowest BCUT2D eigenvalue weighted by atomic mass is 9.78. The van der Waals surface area contributed by atoms with Crippen LogP contribution in [0, 0.1) is 5.41 Å². The van der Waals surface area contributed by atoms with E-state index in [1.807, 2.05) is 6.92 Å². The van der Waals surface area contributed by atoms with Gasteiger partial charge in [-0.25, -0.2) is 0 Å². The first-order valence-electron chi connectivity index (χ1n) is 5.84. The molecule has 0 saturated heterocycles. The molecule has 1 aliphatic rings. The Balaban J connectivity index is 2.56. The summed E-state index contributed by atoms with van der Waals surface area (Å²) in [5, 5.41) is 2.82. The maximum absolute atomic E-state index is 11.6. The second kappa shape index (κ2) is 5.29. The number of carbonyl (C=O) groups excluding carboxylic acids is 2. The number of Topliss-reactive ketones (excluding diaryl/α,β-unsaturated/α-hetero) is 1. The molecule has 1 aliphatic carbocycles. The summed E-state index contributed by atoms with van der Waals surface area (Å²) in [5.74, 6) is 0.307. The molecule has 15 heavy (non-hydrogen) atoms. The molecule has 0 unspecified atom stereocenters. The number of rotatable bonds is 5. The van der Waals surface area contributed by atoms with Gasteiger partial charge in [0.05, 0.1) is 0 Å². The molecule has 0 aromatic heterocycles. The van der Waals surface area contributed by atoms with Crippen molar-refractivity contribution in [2.45, 2.75) is 52.4 Å². The van der Waals surface area contributed by atoms with Crippen LogP contribution in [-0.4, -0.2) is 18.2 Å². The quantitative estimate of drug-likeness (QED) is 0.756. The first-order chi connectivity index (χ1) is 7.08. The fraction of sp³-hybridized carbons (Fsp3) is 0.833. The molecular formula is C12H21NO2. The Morgan fingerprint density at radius 3 is 2.27 bits per heavy atom. The average molecular weight is 211 g/mol.